The molecule has 0 aliphatic heterocycles. The number of hydrogen-bond acceptors (Lipinski definition) is 4. The van der Waals surface area contributed by atoms with Crippen LogP contribution in [0.4, 0.5) is 5.69 Å². The molecule has 3 aromatic rings. The van der Waals surface area contributed by atoms with Crippen LogP contribution in [0.15, 0.2) is 59.8 Å². The third kappa shape index (κ3) is 2.71. The van der Waals surface area contributed by atoms with Gasteiger partial charge in [-0.2, -0.15) is 8.42 Å². The second-order valence-corrected chi connectivity index (χ2v) is 6.23. The number of aryl methyl sites for hydroxylation is 1. The SMILES string of the molecule is Cc1cccc(S(=O)(=O)Nc2cccc3cccnc23)n1. The third-order valence-corrected chi connectivity index (χ3v) is 4.28. The van der Waals surface area contributed by atoms with Crippen LogP contribution in [0.1, 0.15) is 5.69 Å². The minimum absolute atomic E-state index is 0.00423. The second kappa shape index (κ2) is 5.14. The van der Waals surface area contributed by atoms with Crippen LogP contribution in [-0.4, -0.2) is 18.4 Å². The van der Waals surface area contributed by atoms with Crippen molar-refractivity contribution in [1.82, 2.24) is 9.97 Å². The zero-order valence-electron chi connectivity index (χ0n) is 11.3. The van der Waals surface area contributed by atoms with Crippen LogP contribution in [0.3, 0.4) is 0 Å². The van der Waals surface area contributed by atoms with Crippen LogP contribution in [0.25, 0.3) is 10.9 Å². The maximum atomic E-state index is 12.4. The quantitative estimate of drug-likeness (QED) is 0.807. The lowest BCUT2D eigenvalue weighted by Gasteiger charge is -2.09. The third-order valence-electron chi connectivity index (χ3n) is 3.02. The summed E-state index contributed by atoms with van der Waals surface area (Å²) < 4.78 is 27.3. The Bertz CT molecular complexity index is 902. The molecule has 0 spiro atoms. The number of benzene rings is 1. The summed E-state index contributed by atoms with van der Waals surface area (Å²) in [6.45, 7) is 1.75. The van der Waals surface area contributed by atoms with E-state index in [2.05, 4.69) is 14.7 Å². The molecule has 2 heterocycles. The van der Waals surface area contributed by atoms with Crippen molar-refractivity contribution in [2.45, 2.75) is 11.9 Å². The van der Waals surface area contributed by atoms with Crippen molar-refractivity contribution in [3.05, 3.63) is 60.4 Å². The minimum Gasteiger partial charge on any atom is -0.276 e. The fourth-order valence-electron chi connectivity index (χ4n) is 2.05. The van der Waals surface area contributed by atoms with E-state index in [9.17, 15) is 8.42 Å². The molecular weight excluding hydrogens is 286 g/mol. The summed E-state index contributed by atoms with van der Waals surface area (Å²) in [5.41, 5.74) is 1.70. The Morgan fingerprint density at radius 2 is 1.76 bits per heavy atom. The van der Waals surface area contributed by atoms with Gasteiger partial charge < -0.3 is 0 Å². The molecule has 21 heavy (non-hydrogen) atoms. The minimum atomic E-state index is -3.73. The molecule has 1 aromatic carbocycles. The molecule has 1 N–H and O–H groups in total. The van der Waals surface area contributed by atoms with E-state index in [4.69, 9.17) is 0 Å². The molecule has 106 valence electrons. The summed E-state index contributed by atoms with van der Waals surface area (Å²) in [6, 6.07) is 13.9. The Hall–Kier alpha value is -2.47. The van der Waals surface area contributed by atoms with Crippen LogP contribution in [0, 0.1) is 6.92 Å². The number of fused-ring (bicyclic) bond motifs is 1. The van der Waals surface area contributed by atoms with E-state index in [1.54, 1.807) is 37.4 Å². The van der Waals surface area contributed by atoms with Crippen molar-refractivity contribution in [3.8, 4) is 0 Å². The van der Waals surface area contributed by atoms with E-state index in [1.807, 2.05) is 18.2 Å². The second-order valence-electron chi connectivity index (χ2n) is 4.60. The lowest BCUT2D eigenvalue weighted by Crippen LogP contribution is -2.15. The Kier molecular flexibility index (Phi) is 3.31. The van der Waals surface area contributed by atoms with Crippen LogP contribution in [-0.2, 0) is 10.0 Å². The molecule has 0 amide bonds. The van der Waals surface area contributed by atoms with Gasteiger partial charge in [0.1, 0.15) is 0 Å². The van der Waals surface area contributed by atoms with Crippen molar-refractivity contribution in [2.75, 3.05) is 4.72 Å². The largest absolute Gasteiger partial charge is 0.279 e. The van der Waals surface area contributed by atoms with Gasteiger partial charge in [0.2, 0.25) is 0 Å². The summed E-state index contributed by atoms with van der Waals surface area (Å²) in [6.07, 6.45) is 1.63. The molecule has 0 saturated heterocycles. The number of nitrogens with one attached hydrogen (secondary N) is 1. The molecule has 0 radical (unpaired) electrons. The first-order valence-corrected chi connectivity index (χ1v) is 7.85. The van der Waals surface area contributed by atoms with Gasteiger partial charge in [0.05, 0.1) is 11.2 Å². The van der Waals surface area contributed by atoms with Gasteiger partial charge in [-0.1, -0.05) is 24.3 Å². The van der Waals surface area contributed by atoms with Gasteiger partial charge >= 0.3 is 0 Å². The van der Waals surface area contributed by atoms with E-state index in [-0.39, 0.29) is 5.03 Å². The molecule has 0 unspecified atom stereocenters. The summed E-state index contributed by atoms with van der Waals surface area (Å²) in [5.74, 6) is 0. The number of para-hydroxylation sites is 1. The standard InChI is InChI=1S/C15H13N3O2S/c1-11-5-2-9-14(17-11)21(19,20)18-13-8-3-6-12-7-4-10-16-15(12)13/h2-10,18H,1H3. The highest BCUT2D eigenvalue weighted by Crippen LogP contribution is 2.23. The van der Waals surface area contributed by atoms with E-state index in [1.165, 1.54) is 6.07 Å². The number of aromatic nitrogens is 2. The van der Waals surface area contributed by atoms with Gasteiger partial charge in [-0.3, -0.25) is 9.71 Å². The molecule has 0 atom stereocenters. The summed E-state index contributed by atoms with van der Waals surface area (Å²) in [7, 11) is -3.73. The van der Waals surface area contributed by atoms with Crippen LogP contribution < -0.4 is 4.72 Å². The topological polar surface area (TPSA) is 72.0 Å². The normalized spacial score (nSPS) is 11.5. The van der Waals surface area contributed by atoms with Crippen LogP contribution in [0.5, 0.6) is 0 Å². The molecule has 3 rings (SSSR count). The number of rotatable bonds is 3. The van der Waals surface area contributed by atoms with Gasteiger partial charge in [0.15, 0.2) is 5.03 Å². The maximum Gasteiger partial charge on any atom is 0.279 e. The highest BCUT2D eigenvalue weighted by Gasteiger charge is 2.17. The van der Waals surface area contributed by atoms with E-state index < -0.39 is 10.0 Å². The fourth-order valence-corrected chi connectivity index (χ4v) is 3.13. The Labute approximate surface area is 122 Å². The maximum absolute atomic E-state index is 12.4. The monoisotopic (exact) mass is 299 g/mol. The average molecular weight is 299 g/mol. The van der Waals surface area contributed by atoms with Gasteiger partial charge in [-0.05, 0) is 31.2 Å². The molecule has 0 fully saturated rings. The number of nitrogens with zero attached hydrogens (tertiary/aromatic N) is 2. The van der Waals surface area contributed by atoms with Gasteiger partial charge in [-0.15, -0.1) is 0 Å². The Morgan fingerprint density at radius 1 is 1.00 bits per heavy atom. The number of sulfonamides is 1. The van der Waals surface area contributed by atoms with Gasteiger partial charge in [0.25, 0.3) is 10.0 Å². The first kappa shape index (κ1) is 13.5. The van der Waals surface area contributed by atoms with Crippen molar-refractivity contribution in [1.29, 1.82) is 0 Å². The van der Waals surface area contributed by atoms with Gasteiger partial charge in [-0.25, -0.2) is 4.98 Å². The molecular formula is C15H13N3O2S. The van der Waals surface area contributed by atoms with E-state index in [0.29, 0.717) is 16.9 Å². The Balaban J connectivity index is 2.06. The molecule has 0 aliphatic carbocycles. The molecule has 2 aromatic heterocycles. The summed E-state index contributed by atoms with van der Waals surface area (Å²) in [5, 5.41) is 0.866. The lowest BCUT2D eigenvalue weighted by atomic mass is 10.2. The predicted octanol–water partition coefficient (Wildman–Crippen LogP) is 2.74. The lowest BCUT2D eigenvalue weighted by molar-refractivity contribution is 0.597. The number of pyridine rings is 2. The van der Waals surface area contributed by atoms with E-state index in [0.717, 1.165) is 5.39 Å². The zero-order chi connectivity index (χ0) is 14.9. The Morgan fingerprint density at radius 3 is 2.57 bits per heavy atom. The van der Waals surface area contributed by atoms with E-state index >= 15 is 0 Å². The highest BCUT2D eigenvalue weighted by atomic mass is 32.2. The number of hydrogen-bond donors (Lipinski definition) is 1. The summed E-state index contributed by atoms with van der Waals surface area (Å²) >= 11 is 0. The van der Waals surface area contributed by atoms with Crippen LogP contribution >= 0.6 is 0 Å². The zero-order valence-corrected chi connectivity index (χ0v) is 12.1. The van der Waals surface area contributed by atoms with Crippen molar-refractivity contribution in [2.24, 2.45) is 0 Å². The van der Waals surface area contributed by atoms with Gasteiger partial charge in [0, 0.05) is 17.3 Å². The number of anilines is 1. The highest BCUT2D eigenvalue weighted by molar-refractivity contribution is 7.92. The van der Waals surface area contributed by atoms with Crippen molar-refractivity contribution < 1.29 is 8.42 Å². The predicted molar refractivity (Wildman–Crippen MR) is 81.5 cm³/mol. The average Bonchev–Trinajstić information content (AvgIpc) is 2.47. The first-order valence-electron chi connectivity index (χ1n) is 6.36. The molecule has 0 aliphatic rings. The first-order chi connectivity index (χ1) is 10.1. The summed E-state index contributed by atoms with van der Waals surface area (Å²) in [4.78, 5) is 8.28. The molecule has 0 saturated carbocycles. The van der Waals surface area contributed by atoms with Crippen molar-refractivity contribution >= 4 is 26.6 Å². The molecule has 0 bridgehead atoms. The van der Waals surface area contributed by atoms with Crippen LogP contribution in [0.2, 0.25) is 0 Å². The smallest absolute Gasteiger partial charge is 0.276 e. The molecule has 5 nitrogen and oxygen atoms in total. The fraction of sp³-hybridized carbons (Fsp3) is 0.0667. The molecule has 6 heteroatoms. The van der Waals surface area contributed by atoms with Crippen molar-refractivity contribution in [3.63, 3.8) is 0 Å².